The lowest BCUT2D eigenvalue weighted by atomic mass is 9.96. The molecule has 3 aromatic rings. The highest BCUT2D eigenvalue weighted by atomic mass is 32.1. The average molecular weight is 322 g/mol. The molecular weight excluding hydrogens is 308 g/mol. The van der Waals surface area contributed by atoms with Crippen LogP contribution in [0.25, 0.3) is 10.2 Å². The molecule has 114 valence electrons. The van der Waals surface area contributed by atoms with Gasteiger partial charge in [-0.2, -0.15) is 4.98 Å². The third-order valence-corrected chi connectivity index (χ3v) is 6.13. The Labute approximate surface area is 136 Å². The standard InChI is InChI=1S/C18H14N2O2S/c21-16-15-12-7-3-4-8-13(12)23-18(15)20-14(19-16)9-10-5-1-2-6-11(10)17(20)22/h1-2,5-6H,3-4,7-9H2. The third kappa shape index (κ3) is 1.74. The number of fused-ring (bicyclic) bond motifs is 6. The van der Waals surface area contributed by atoms with E-state index in [1.807, 2.05) is 24.3 Å². The zero-order valence-electron chi connectivity index (χ0n) is 12.5. The lowest BCUT2D eigenvalue weighted by Gasteiger charge is -2.20. The van der Waals surface area contributed by atoms with Crippen LogP contribution in [0.3, 0.4) is 0 Å². The molecule has 4 nitrogen and oxygen atoms in total. The van der Waals surface area contributed by atoms with Gasteiger partial charge < -0.3 is 0 Å². The zero-order chi connectivity index (χ0) is 15.6. The maximum Gasteiger partial charge on any atom is 0.282 e. The molecule has 0 fully saturated rings. The molecule has 0 atom stereocenters. The zero-order valence-corrected chi connectivity index (χ0v) is 13.3. The van der Waals surface area contributed by atoms with Gasteiger partial charge in [0.1, 0.15) is 10.7 Å². The lowest BCUT2D eigenvalue weighted by Crippen LogP contribution is -2.28. The number of nitrogens with zero attached hydrogens (tertiary/aromatic N) is 2. The summed E-state index contributed by atoms with van der Waals surface area (Å²) in [5.41, 5.74) is 2.64. The average Bonchev–Trinajstić information content (AvgIpc) is 2.94. The predicted octanol–water partition coefficient (Wildman–Crippen LogP) is 2.93. The minimum Gasteiger partial charge on any atom is -0.268 e. The Morgan fingerprint density at radius 3 is 2.83 bits per heavy atom. The number of benzene rings is 1. The van der Waals surface area contributed by atoms with Gasteiger partial charge in [-0.1, -0.05) is 18.2 Å². The van der Waals surface area contributed by atoms with E-state index in [1.165, 1.54) is 4.88 Å². The summed E-state index contributed by atoms with van der Waals surface area (Å²) < 4.78 is 1.68. The van der Waals surface area contributed by atoms with Crippen LogP contribution < -0.4 is 5.56 Å². The summed E-state index contributed by atoms with van der Waals surface area (Å²) in [6.07, 6.45) is 4.74. The number of rotatable bonds is 0. The maximum atomic E-state index is 13.0. The van der Waals surface area contributed by atoms with E-state index in [-0.39, 0.29) is 11.5 Å². The normalized spacial score (nSPS) is 16.1. The minimum absolute atomic E-state index is 0.0575. The molecule has 2 aromatic heterocycles. The van der Waals surface area contributed by atoms with Gasteiger partial charge in [0, 0.05) is 16.9 Å². The summed E-state index contributed by atoms with van der Waals surface area (Å²) in [6, 6.07) is 7.60. The van der Waals surface area contributed by atoms with Gasteiger partial charge in [-0.05, 0) is 42.9 Å². The van der Waals surface area contributed by atoms with Crippen LogP contribution in [0.15, 0.2) is 29.1 Å². The lowest BCUT2D eigenvalue weighted by molar-refractivity contribution is 0.0955. The molecule has 0 bridgehead atoms. The topological polar surface area (TPSA) is 52.0 Å². The highest BCUT2D eigenvalue weighted by molar-refractivity contribution is 7.19. The Bertz CT molecular complexity index is 1050. The molecule has 2 aliphatic rings. The molecule has 0 N–H and O–H groups in total. The number of thiophene rings is 1. The van der Waals surface area contributed by atoms with Crippen LogP contribution in [0.5, 0.6) is 0 Å². The Hall–Kier alpha value is -2.27. The molecule has 1 aliphatic heterocycles. The number of aromatic nitrogens is 2. The highest BCUT2D eigenvalue weighted by Crippen LogP contribution is 2.36. The molecule has 0 saturated carbocycles. The van der Waals surface area contributed by atoms with E-state index in [9.17, 15) is 9.59 Å². The van der Waals surface area contributed by atoms with Gasteiger partial charge in [0.05, 0.1) is 5.39 Å². The van der Waals surface area contributed by atoms with Crippen molar-refractivity contribution in [3.63, 3.8) is 0 Å². The fourth-order valence-corrected chi connectivity index (χ4v) is 5.17. The Kier molecular flexibility index (Phi) is 2.65. The quantitative estimate of drug-likeness (QED) is 0.500. The molecule has 0 saturated heterocycles. The Balaban J connectivity index is 1.87. The maximum absolute atomic E-state index is 13.0. The Morgan fingerprint density at radius 1 is 1.09 bits per heavy atom. The van der Waals surface area contributed by atoms with Crippen molar-refractivity contribution in [1.29, 1.82) is 0 Å². The summed E-state index contributed by atoms with van der Waals surface area (Å²) in [5, 5.41) is 0.682. The number of hydrogen-bond donors (Lipinski definition) is 0. The first-order valence-corrected chi connectivity index (χ1v) is 8.74. The molecular formula is C18H14N2O2S. The van der Waals surface area contributed by atoms with Crippen LogP contribution in [0, 0.1) is 0 Å². The fourth-order valence-electron chi connectivity index (χ4n) is 3.77. The van der Waals surface area contributed by atoms with Crippen LogP contribution in [0.4, 0.5) is 0 Å². The summed E-state index contributed by atoms with van der Waals surface area (Å²) in [7, 11) is 0. The van der Waals surface area contributed by atoms with Crippen molar-refractivity contribution in [2.24, 2.45) is 0 Å². The first kappa shape index (κ1) is 13.2. The first-order valence-electron chi connectivity index (χ1n) is 7.93. The number of carbonyl (C=O) groups is 1. The summed E-state index contributed by atoms with van der Waals surface area (Å²) in [6.45, 7) is 0. The fraction of sp³-hybridized carbons (Fsp3) is 0.278. The van der Waals surface area contributed by atoms with E-state index in [2.05, 4.69) is 4.98 Å². The molecule has 3 heterocycles. The van der Waals surface area contributed by atoms with Crippen LogP contribution in [-0.4, -0.2) is 15.5 Å². The molecule has 0 amide bonds. The third-order valence-electron chi connectivity index (χ3n) is 4.86. The van der Waals surface area contributed by atoms with Crippen molar-refractivity contribution in [1.82, 2.24) is 9.55 Å². The second-order valence-corrected chi connectivity index (χ2v) is 7.28. The molecule has 5 heteroatoms. The molecule has 1 aliphatic carbocycles. The van der Waals surface area contributed by atoms with Crippen molar-refractivity contribution >= 4 is 27.5 Å². The monoisotopic (exact) mass is 322 g/mol. The molecule has 0 spiro atoms. The second kappa shape index (κ2) is 4.61. The van der Waals surface area contributed by atoms with Gasteiger partial charge in [-0.25, -0.2) is 0 Å². The van der Waals surface area contributed by atoms with Crippen molar-refractivity contribution in [2.45, 2.75) is 32.1 Å². The van der Waals surface area contributed by atoms with Crippen molar-refractivity contribution in [2.75, 3.05) is 0 Å². The van der Waals surface area contributed by atoms with Crippen molar-refractivity contribution in [3.05, 3.63) is 62.0 Å². The van der Waals surface area contributed by atoms with Crippen LogP contribution in [-0.2, 0) is 19.3 Å². The summed E-state index contributed by atoms with van der Waals surface area (Å²) >= 11 is 1.61. The van der Waals surface area contributed by atoms with Gasteiger partial charge in [0.25, 0.3) is 11.5 Å². The van der Waals surface area contributed by atoms with Gasteiger partial charge in [0.2, 0.25) is 0 Å². The number of aryl methyl sites for hydroxylation is 2. The molecule has 0 radical (unpaired) electrons. The van der Waals surface area contributed by atoms with Gasteiger partial charge in [-0.3, -0.25) is 14.2 Å². The van der Waals surface area contributed by atoms with Crippen LogP contribution in [0.1, 0.15) is 45.0 Å². The molecule has 5 rings (SSSR count). The van der Waals surface area contributed by atoms with E-state index >= 15 is 0 Å². The van der Waals surface area contributed by atoms with Crippen molar-refractivity contribution in [3.8, 4) is 0 Å². The minimum atomic E-state index is -0.169. The summed E-state index contributed by atoms with van der Waals surface area (Å²) in [4.78, 5) is 31.9. The Morgan fingerprint density at radius 2 is 1.91 bits per heavy atom. The molecule has 0 unspecified atom stereocenters. The van der Waals surface area contributed by atoms with E-state index in [1.54, 1.807) is 15.9 Å². The number of hydrogen-bond acceptors (Lipinski definition) is 4. The van der Waals surface area contributed by atoms with E-state index in [4.69, 9.17) is 0 Å². The van der Waals surface area contributed by atoms with E-state index < -0.39 is 0 Å². The van der Waals surface area contributed by atoms with Crippen molar-refractivity contribution < 1.29 is 4.79 Å². The summed E-state index contributed by atoms with van der Waals surface area (Å²) in [5.74, 6) is 0.516. The van der Waals surface area contributed by atoms with Gasteiger partial charge >= 0.3 is 0 Å². The molecule has 1 aromatic carbocycles. The largest absolute Gasteiger partial charge is 0.282 e. The number of carbonyl (C=O) groups excluding carboxylic acids is 1. The highest BCUT2D eigenvalue weighted by Gasteiger charge is 2.29. The van der Waals surface area contributed by atoms with E-state index in [0.717, 1.165) is 47.2 Å². The van der Waals surface area contributed by atoms with Gasteiger partial charge in [-0.15, -0.1) is 11.3 Å². The van der Waals surface area contributed by atoms with Crippen LogP contribution in [0.2, 0.25) is 0 Å². The first-order chi connectivity index (χ1) is 11.2. The molecule has 23 heavy (non-hydrogen) atoms. The second-order valence-electron chi connectivity index (χ2n) is 6.20. The van der Waals surface area contributed by atoms with Crippen LogP contribution >= 0.6 is 11.3 Å². The predicted molar refractivity (Wildman–Crippen MR) is 89.5 cm³/mol. The van der Waals surface area contributed by atoms with Gasteiger partial charge in [0.15, 0.2) is 0 Å². The van der Waals surface area contributed by atoms with E-state index in [0.29, 0.717) is 17.6 Å². The SMILES string of the molecule is O=C1c2ccccc2Cc2nc(=O)c3c4c(sc3n21)CCCC4. The smallest absolute Gasteiger partial charge is 0.268 e.